The molecule has 3 rings (SSSR count). The molecule has 0 aliphatic rings. The van der Waals surface area contributed by atoms with Gasteiger partial charge in [-0.1, -0.05) is 66.7 Å². The van der Waals surface area contributed by atoms with Crippen LogP contribution in [0.2, 0.25) is 0 Å². The van der Waals surface area contributed by atoms with E-state index in [0.717, 1.165) is 33.1 Å². The highest BCUT2D eigenvalue weighted by Crippen LogP contribution is 2.29. The van der Waals surface area contributed by atoms with Gasteiger partial charge in [0.15, 0.2) is 0 Å². The molecule has 0 aliphatic heterocycles. The van der Waals surface area contributed by atoms with Crippen LogP contribution in [0.15, 0.2) is 59.9 Å². The van der Waals surface area contributed by atoms with E-state index in [9.17, 15) is 4.79 Å². The van der Waals surface area contributed by atoms with Gasteiger partial charge in [-0.3, -0.25) is 4.79 Å². The SMILES string of the molecule is CCC(Sc1cc(-c2ccccc2)ncn1)C(=O)Nc1c(C)cc(C)cc1C. The van der Waals surface area contributed by atoms with Crippen LogP contribution >= 0.6 is 11.8 Å². The molecule has 0 fully saturated rings. The lowest BCUT2D eigenvalue weighted by atomic mass is 10.0. The summed E-state index contributed by atoms with van der Waals surface area (Å²) in [7, 11) is 0. The number of hydrogen-bond donors (Lipinski definition) is 1. The highest BCUT2D eigenvalue weighted by atomic mass is 32.2. The first-order valence-corrected chi connectivity index (χ1v) is 10.3. The lowest BCUT2D eigenvalue weighted by molar-refractivity contribution is -0.115. The van der Waals surface area contributed by atoms with Crippen molar-refractivity contribution in [3.63, 3.8) is 0 Å². The second-order valence-corrected chi connectivity index (χ2v) is 8.11. The quantitative estimate of drug-likeness (QED) is 0.440. The molecule has 1 N–H and O–H groups in total. The Morgan fingerprint density at radius 1 is 1.04 bits per heavy atom. The molecular formula is C23H25N3OS. The zero-order valence-corrected chi connectivity index (χ0v) is 17.5. The van der Waals surface area contributed by atoms with Gasteiger partial charge in [0.2, 0.25) is 5.91 Å². The standard InChI is InChI=1S/C23H25N3OS/c1-5-20(23(27)26-22-16(3)11-15(2)12-17(22)4)28-21-13-19(24-14-25-21)18-9-7-6-8-10-18/h6-14,20H,5H2,1-4H3,(H,26,27). The second kappa shape index (κ2) is 9.02. The van der Waals surface area contributed by atoms with Gasteiger partial charge in [-0.2, -0.15) is 0 Å². The molecule has 0 bridgehead atoms. The Kier molecular flexibility index (Phi) is 6.47. The molecule has 0 saturated carbocycles. The van der Waals surface area contributed by atoms with Crippen LogP contribution in [0.5, 0.6) is 0 Å². The van der Waals surface area contributed by atoms with Gasteiger partial charge in [-0.15, -0.1) is 0 Å². The molecule has 28 heavy (non-hydrogen) atoms. The molecule has 0 saturated heterocycles. The minimum absolute atomic E-state index is 0.00225. The average molecular weight is 392 g/mol. The van der Waals surface area contributed by atoms with Crippen molar-refractivity contribution >= 4 is 23.4 Å². The third-order valence-corrected chi connectivity index (χ3v) is 5.86. The number of amides is 1. The molecular weight excluding hydrogens is 366 g/mol. The molecule has 3 aromatic rings. The summed E-state index contributed by atoms with van der Waals surface area (Å²) in [6.07, 6.45) is 2.27. The summed E-state index contributed by atoms with van der Waals surface area (Å²) in [6.45, 7) is 8.14. The minimum atomic E-state index is -0.223. The van der Waals surface area contributed by atoms with Crippen molar-refractivity contribution < 1.29 is 4.79 Å². The molecule has 144 valence electrons. The fourth-order valence-corrected chi connectivity index (χ4v) is 4.13. The third-order valence-electron chi connectivity index (χ3n) is 4.56. The molecule has 0 spiro atoms. The Balaban J connectivity index is 1.77. The Labute approximate surface area is 170 Å². The maximum atomic E-state index is 12.9. The van der Waals surface area contributed by atoms with Crippen LogP contribution in [-0.2, 0) is 4.79 Å². The fraction of sp³-hybridized carbons (Fsp3) is 0.261. The summed E-state index contributed by atoms with van der Waals surface area (Å²) in [6, 6.07) is 16.1. The van der Waals surface area contributed by atoms with Gasteiger partial charge in [-0.05, 0) is 44.4 Å². The van der Waals surface area contributed by atoms with Crippen molar-refractivity contribution in [3.8, 4) is 11.3 Å². The number of anilines is 1. The Morgan fingerprint density at radius 3 is 2.36 bits per heavy atom. The zero-order valence-electron chi connectivity index (χ0n) is 16.7. The normalized spacial score (nSPS) is 11.9. The van der Waals surface area contributed by atoms with E-state index in [1.165, 1.54) is 17.3 Å². The van der Waals surface area contributed by atoms with E-state index >= 15 is 0 Å². The number of carbonyl (C=O) groups excluding carboxylic acids is 1. The fourth-order valence-electron chi connectivity index (χ4n) is 3.22. The zero-order chi connectivity index (χ0) is 20.1. The van der Waals surface area contributed by atoms with E-state index in [-0.39, 0.29) is 11.2 Å². The van der Waals surface area contributed by atoms with Crippen molar-refractivity contribution in [1.29, 1.82) is 0 Å². The summed E-state index contributed by atoms with van der Waals surface area (Å²) in [5.41, 5.74) is 6.16. The smallest absolute Gasteiger partial charge is 0.237 e. The predicted octanol–water partition coefficient (Wildman–Crippen LogP) is 5.58. The molecule has 2 aromatic carbocycles. The summed E-state index contributed by atoms with van der Waals surface area (Å²) >= 11 is 1.48. The molecule has 0 radical (unpaired) electrons. The molecule has 4 nitrogen and oxygen atoms in total. The van der Waals surface area contributed by atoms with E-state index < -0.39 is 0 Å². The van der Waals surface area contributed by atoms with Crippen LogP contribution in [0.1, 0.15) is 30.0 Å². The van der Waals surface area contributed by atoms with E-state index in [4.69, 9.17) is 0 Å². The van der Waals surface area contributed by atoms with Gasteiger partial charge in [0, 0.05) is 11.3 Å². The Hall–Kier alpha value is -2.66. The van der Waals surface area contributed by atoms with Gasteiger partial charge in [0.1, 0.15) is 11.4 Å². The highest BCUT2D eigenvalue weighted by molar-refractivity contribution is 8.00. The van der Waals surface area contributed by atoms with Crippen LogP contribution < -0.4 is 5.32 Å². The largest absolute Gasteiger partial charge is 0.325 e. The highest BCUT2D eigenvalue weighted by Gasteiger charge is 2.20. The van der Waals surface area contributed by atoms with E-state index in [1.54, 1.807) is 6.33 Å². The van der Waals surface area contributed by atoms with Crippen molar-refractivity contribution in [2.75, 3.05) is 5.32 Å². The number of benzene rings is 2. The molecule has 1 aromatic heterocycles. The van der Waals surface area contributed by atoms with Crippen molar-refractivity contribution in [2.24, 2.45) is 0 Å². The molecule has 5 heteroatoms. The molecule has 1 heterocycles. The van der Waals surface area contributed by atoms with Crippen molar-refractivity contribution in [3.05, 3.63) is 71.5 Å². The van der Waals surface area contributed by atoms with Gasteiger partial charge < -0.3 is 5.32 Å². The molecule has 1 unspecified atom stereocenters. The second-order valence-electron chi connectivity index (χ2n) is 6.89. The van der Waals surface area contributed by atoms with E-state index in [1.807, 2.05) is 57.2 Å². The molecule has 1 amide bonds. The van der Waals surface area contributed by atoms with E-state index in [2.05, 4.69) is 34.3 Å². The number of nitrogens with one attached hydrogen (secondary N) is 1. The third kappa shape index (κ3) is 4.78. The number of aryl methyl sites for hydroxylation is 3. The summed E-state index contributed by atoms with van der Waals surface area (Å²) in [5, 5.41) is 3.70. The molecule has 0 aliphatic carbocycles. The monoisotopic (exact) mass is 391 g/mol. The maximum absolute atomic E-state index is 12.9. The Bertz CT molecular complexity index is 950. The maximum Gasteiger partial charge on any atom is 0.237 e. The van der Waals surface area contributed by atoms with Gasteiger partial charge in [-0.25, -0.2) is 9.97 Å². The van der Waals surface area contributed by atoms with Crippen LogP contribution in [-0.4, -0.2) is 21.1 Å². The lowest BCUT2D eigenvalue weighted by Crippen LogP contribution is -2.25. The predicted molar refractivity (Wildman–Crippen MR) is 117 cm³/mol. The number of carbonyl (C=O) groups is 1. The first-order valence-electron chi connectivity index (χ1n) is 9.40. The number of thioether (sulfide) groups is 1. The lowest BCUT2D eigenvalue weighted by Gasteiger charge is -2.17. The number of aromatic nitrogens is 2. The van der Waals surface area contributed by atoms with Gasteiger partial charge in [0.25, 0.3) is 0 Å². The van der Waals surface area contributed by atoms with Crippen LogP contribution in [0.3, 0.4) is 0 Å². The van der Waals surface area contributed by atoms with Gasteiger partial charge >= 0.3 is 0 Å². The number of rotatable bonds is 6. The van der Waals surface area contributed by atoms with Crippen molar-refractivity contribution in [1.82, 2.24) is 9.97 Å². The van der Waals surface area contributed by atoms with Crippen LogP contribution in [0.25, 0.3) is 11.3 Å². The topological polar surface area (TPSA) is 54.9 Å². The van der Waals surface area contributed by atoms with Crippen LogP contribution in [0, 0.1) is 20.8 Å². The summed E-state index contributed by atoms with van der Waals surface area (Å²) in [5.74, 6) is 0.00225. The van der Waals surface area contributed by atoms with Crippen molar-refractivity contribution in [2.45, 2.75) is 44.4 Å². The summed E-state index contributed by atoms with van der Waals surface area (Å²) < 4.78 is 0. The first kappa shape index (κ1) is 20.1. The number of nitrogens with zero attached hydrogens (tertiary/aromatic N) is 2. The summed E-state index contributed by atoms with van der Waals surface area (Å²) in [4.78, 5) is 21.6. The van der Waals surface area contributed by atoms with Crippen LogP contribution in [0.4, 0.5) is 5.69 Å². The van der Waals surface area contributed by atoms with E-state index in [0.29, 0.717) is 6.42 Å². The van der Waals surface area contributed by atoms with Gasteiger partial charge in [0.05, 0.1) is 10.9 Å². The molecule has 1 atom stereocenters. The average Bonchev–Trinajstić information content (AvgIpc) is 2.69. The minimum Gasteiger partial charge on any atom is -0.325 e. The first-order chi connectivity index (χ1) is 13.5. The Morgan fingerprint density at radius 2 is 1.71 bits per heavy atom. The number of hydrogen-bond acceptors (Lipinski definition) is 4.